The van der Waals surface area contributed by atoms with Crippen molar-refractivity contribution in [1.29, 1.82) is 0 Å². The van der Waals surface area contributed by atoms with Gasteiger partial charge in [-0.1, -0.05) is 54.6 Å². The number of aryl methyl sites for hydroxylation is 1. The fourth-order valence-electron chi connectivity index (χ4n) is 5.04. The molecule has 0 fully saturated rings. The van der Waals surface area contributed by atoms with Crippen molar-refractivity contribution in [2.24, 2.45) is 0 Å². The zero-order valence-electron chi connectivity index (χ0n) is 22.2. The van der Waals surface area contributed by atoms with Crippen molar-refractivity contribution in [3.63, 3.8) is 0 Å². The molecule has 1 atom stereocenters. The Bertz CT molecular complexity index is 1680. The molecule has 1 aromatic heterocycles. The summed E-state index contributed by atoms with van der Waals surface area (Å²) in [6.07, 6.45) is 0. The number of anilines is 1. The zero-order chi connectivity index (χ0) is 27.7. The lowest BCUT2D eigenvalue weighted by molar-refractivity contribution is 0.0697. The fourth-order valence-corrected chi connectivity index (χ4v) is 5.04. The minimum atomic E-state index is -0.938. The quantitative estimate of drug-likeness (QED) is 0.208. The van der Waals surface area contributed by atoms with E-state index in [1.165, 1.54) is 0 Å². The molecular formula is C33H31N3O3. The van der Waals surface area contributed by atoms with Crippen LogP contribution in [0.3, 0.4) is 0 Å². The van der Waals surface area contributed by atoms with E-state index >= 15 is 0 Å². The van der Waals surface area contributed by atoms with Gasteiger partial charge in [-0.05, 0) is 85.0 Å². The second kappa shape index (κ2) is 10.5. The van der Waals surface area contributed by atoms with Gasteiger partial charge in [0.15, 0.2) is 0 Å². The third kappa shape index (κ3) is 5.14. The average molecular weight is 518 g/mol. The average Bonchev–Trinajstić information content (AvgIpc) is 3.18. The van der Waals surface area contributed by atoms with Crippen LogP contribution in [-0.4, -0.2) is 21.6 Å². The Morgan fingerprint density at radius 1 is 0.923 bits per heavy atom. The number of benzene rings is 4. The van der Waals surface area contributed by atoms with Crippen LogP contribution in [0.5, 0.6) is 0 Å². The first-order chi connectivity index (χ1) is 18.7. The van der Waals surface area contributed by atoms with Crippen molar-refractivity contribution in [2.75, 3.05) is 5.73 Å². The van der Waals surface area contributed by atoms with Crippen LogP contribution in [0.2, 0.25) is 0 Å². The second-order valence-corrected chi connectivity index (χ2v) is 9.94. The Morgan fingerprint density at radius 3 is 2.31 bits per heavy atom. The third-order valence-electron chi connectivity index (χ3n) is 7.45. The van der Waals surface area contributed by atoms with Crippen LogP contribution in [-0.2, 0) is 6.54 Å². The van der Waals surface area contributed by atoms with Crippen molar-refractivity contribution in [3.8, 4) is 11.1 Å². The monoisotopic (exact) mass is 517 g/mol. The SMILES string of the molecule is Cc1c(C)n(Cc2ccc(-c3ccccc3C(=O)O)cc2)c2ccc(C(=O)N[C@@H](C)c3ccc(N)cc3)cc12. The van der Waals surface area contributed by atoms with Crippen LogP contribution in [0.4, 0.5) is 5.69 Å². The predicted molar refractivity (Wildman–Crippen MR) is 156 cm³/mol. The molecule has 39 heavy (non-hydrogen) atoms. The summed E-state index contributed by atoms with van der Waals surface area (Å²) in [4.78, 5) is 24.7. The molecule has 196 valence electrons. The molecule has 0 bridgehead atoms. The third-order valence-corrected chi connectivity index (χ3v) is 7.45. The second-order valence-electron chi connectivity index (χ2n) is 9.94. The first-order valence-corrected chi connectivity index (χ1v) is 12.9. The molecule has 0 saturated carbocycles. The number of fused-ring (bicyclic) bond motifs is 1. The van der Waals surface area contributed by atoms with Crippen LogP contribution in [0.15, 0.2) is 91.0 Å². The normalized spacial score (nSPS) is 11.9. The lowest BCUT2D eigenvalue weighted by Gasteiger charge is -2.15. The number of carbonyl (C=O) groups excluding carboxylic acids is 1. The minimum absolute atomic E-state index is 0.122. The van der Waals surface area contributed by atoms with Crippen LogP contribution in [0.25, 0.3) is 22.0 Å². The van der Waals surface area contributed by atoms with Gasteiger partial charge in [0.25, 0.3) is 5.91 Å². The van der Waals surface area contributed by atoms with Gasteiger partial charge in [0, 0.05) is 34.4 Å². The highest BCUT2D eigenvalue weighted by atomic mass is 16.4. The number of hydrogen-bond donors (Lipinski definition) is 3. The fraction of sp³-hybridized carbons (Fsp3) is 0.152. The molecule has 0 radical (unpaired) electrons. The standard InChI is InChI=1S/C33H31N3O3/c1-20-22(3)36(19-23-8-10-25(11-9-23)28-6-4-5-7-29(28)33(38)39)31-17-14-26(18-30(20)31)32(37)35-21(2)24-12-15-27(34)16-13-24/h4-18,21H,19,34H2,1-3H3,(H,35,37)(H,38,39)/t21-/m0/s1. The molecule has 0 aliphatic carbocycles. The number of nitrogens with one attached hydrogen (secondary N) is 1. The van der Waals surface area contributed by atoms with Gasteiger partial charge < -0.3 is 20.7 Å². The number of carboxylic acid groups (broad SMARTS) is 1. The van der Waals surface area contributed by atoms with Gasteiger partial charge in [-0.2, -0.15) is 0 Å². The Balaban J connectivity index is 1.38. The lowest BCUT2D eigenvalue weighted by Crippen LogP contribution is -2.26. The van der Waals surface area contributed by atoms with E-state index in [4.69, 9.17) is 5.73 Å². The van der Waals surface area contributed by atoms with Crippen molar-refractivity contribution in [2.45, 2.75) is 33.4 Å². The number of nitrogens with zero attached hydrogens (tertiary/aromatic N) is 1. The van der Waals surface area contributed by atoms with E-state index in [-0.39, 0.29) is 17.5 Å². The molecule has 4 aromatic carbocycles. The maximum absolute atomic E-state index is 13.1. The summed E-state index contributed by atoms with van der Waals surface area (Å²) in [6, 6.07) is 28.3. The van der Waals surface area contributed by atoms with E-state index in [9.17, 15) is 14.7 Å². The van der Waals surface area contributed by atoms with Gasteiger partial charge in [-0.15, -0.1) is 0 Å². The van der Waals surface area contributed by atoms with Crippen LogP contribution >= 0.6 is 0 Å². The van der Waals surface area contributed by atoms with Crippen molar-refractivity contribution < 1.29 is 14.7 Å². The summed E-state index contributed by atoms with van der Waals surface area (Å²) < 4.78 is 2.25. The van der Waals surface area contributed by atoms with Gasteiger partial charge in [0.2, 0.25) is 0 Å². The number of aromatic nitrogens is 1. The Kier molecular flexibility index (Phi) is 6.94. The Labute approximate surface area is 227 Å². The van der Waals surface area contributed by atoms with Gasteiger partial charge in [0.05, 0.1) is 11.6 Å². The summed E-state index contributed by atoms with van der Waals surface area (Å²) in [5.74, 6) is -1.06. The predicted octanol–water partition coefficient (Wildman–Crippen LogP) is 6.74. The topological polar surface area (TPSA) is 97.3 Å². The maximum atomic E-state index is 13.1. The lowest BCUT2D eigenvalue weighted by atomic mass is 9.99. The molecule has 0 spiro atoms. The van der Waals surface area contributed by atoms with E-state index in [1.54, 1.807) is 12.1 Å². The van der Waals surface area contributed by atoms with Gasteiger partial charge >= 0.3 is 5.97 Å². The molecule has 5 rings (SSSR count). The number of carboxylic acids is 1. The summed E-state index contributed by atoms with van der Waals surface area (Å²) in [5.41, 5.74) is 14.4. The maximum Gasteiger partial charge on any atom is 0.336 e. The first kappa shape index (κ1) is 25.8. The van der Waals surface area contributed by atoms with Crippen LogP contribution < -0.4 is 11.1 Å². The molecule has 6 heteroatoms. The molecule has 0 saturated heterocycles. The molecular weight excluding hydrogens is 486 g/mol. The smallest absolute Gasteiger partial charge is 0.336 e. The number of rotatable bonds is 7. The number of nitrogens with two attached hydrogens (primary N) is 1. The summed E-state index contributed by atoms with van der Waals surface area (Å²) in [6.45, 7) is 6.80. The number of nitrogen functional groups attached to an aromatic ring is 1. The van der Waals surface area contributed by atoms with Crippen molar-refractivity contribution >= 4 is 28.5 Å². The Morgan fingerprint density at radius 2 is 1.62 bits per heavy atom. The highest BCUT2D eigenvalue weighted by Crippen LogP contribution is 2.29. The highest BCUT2D eigenvalue weighted by Gasteiger charge is 2.17. The summed E-state index contributed by atoms with van der Waals surface area (Å²) in [7, 11) is 0. The molecule has 6 nitrogen and oxygen atoms in total. The van der Waals surface area contributed by atoms with Gasteiger partial charge in [0.1, 0.15) is 0 Å². The summed E-state index contributed by atoms with van der Waals surface area (Å²) in [5, 5.41) is 13.7. The molecule has 0 aliphatic rings. The van der Waals surface area contributed by atoms with E-state index < -0.39 is 5.97 Å². The van der Waals surface area contributed by atoms with E-state index in [0.717, 1.165) is 38.9 Å². The molecule has 1 heterocycles. The number of hydrogen-bond acceptors (Lipinski definition) is 3. The van der Waals surface area contributed by atoms with Crippen molar-refractivity contribution in [1.82, 2.24) is 9.88 Å². The Hall–Kier alpha value is -4.84. The summed E-state index contributed by atoms with van der Waals surface area (Å²) >= 11 is 0. The molecule has 5 aromatic rings. The van der Waals surface area contributed by atoms with Crippen LogP contribution in [0, 0.1) is 13.8 Å². The molecule has 1 amide bonds. The number of aromatic carboxylic acids is 1. The van der Waals surface area contributed by atoms with E-state index in [2.05, 4.69) is 23.7 Å². The highest BCUT2D eigenvalue weighted by molar-refractivity contribution is 5.99. The molecule has 0 unspecified atom stereocenters. The van der Waals surface area contributed by atoms with E-state index in [0.29, 0.717) is 23.4 Å². The minimum Gasteiger partial charge on any atom is -0.478 e. The number of amides is 1. The first-order valence-electron chi connectivity index (χ1n) is 12.9. The van der Waals surface area contributed by atoms with Gasteiger partial charge in [-0.25, -0.2) is 4.79 Å². The zero-order valence-corrected chi connectivity index (χ0v) is 22.2. The largest absolute Gasteiger partial charge is 0.478 e. The molecule has 4 N–H and O–H groups in total. The van der Waals surface area contributed by atoms with E-state index in [1.807, 2.05) is 85.8 Å². The van der Waals surface area contributed by atoms with Crippen molar-refractivity contribution in [3.05, 3.63) is 125 Å². The van der Waals surface area contributed by atoms with Gasteiger partial charge in [-0.3, -0.25) is 4.79 Å². The number of carbonyl (C=O) groups is 2. The van der Waals surface area contributed by atoms with Crippen LogP contribution in [0.1, 0.15) is 56.1 Å². The molecule has 0 aliphatic heterocycles.